The Morgan fingerprint density at radius 1 is 1.35 bits per heavy atom. The molecule has 1 aromatic rings. The average molecular weight is 318 g/mol. The Labute approximate surface area is 138 Å². The third kappa shape index (κ3) is 5.08. The number of benzene rings is 1. The van der Waals surface area contributed by atoms with Crippen LogP contribution in [0.3, 0.4) is 0 Å². The van der Waals surface area contributed by atoms with Gasteiger partial charge in [0, 0.05) is 24.6 Å². The van der Waals surface area contributed by atoms with Crippen LogP contribution in [0.25, 0.3) is 0 Å². The number of methoxy groups -OCH3 is 1. The molecule has 0 atom stereocenters. The van der Waals surface area contributed by atoms with Crippen LogP contribution < -0.4 is 15.4 Å². The van der Waals surface area contributed by atoms with Crippen molar-refractivity contribution >= 4 is 5.91 Å². The Hall–Kier alpha value is -1.85. The van der Waals surface area contributed by atoms with Gasteiger partial charge < -0.3 is 20.1 Å². The summed E-state index contributed by atoms with van der Waals surface area (Å²) in [5, 5.41) is 6.40. The van der Waals surface area contributed by atoms with Gasteiger partial charge in [0.25, 0.3) is 5.91 Å². The second-order valence-corrected chi connectivity index (χ2v) is 5.99. The van der Waals surface area contributed by atoms with Gasteiger partial charge in [0.05, 0.1) is 6.61 Å². The molecule has 0 spiro atoms. The van der Waals surface area contributed by atoms with Gasteiger partial charge in [-0.1, -0.05) is 12.7 Å². The fourth-order valence-electron chi connectivity index (χ4n) is 2.86. The van der Waals surface area contributed by atoms with Gasteiger partial charge in [-0.25, -0.2) is 0 Å². The SMILES string of the molecule is C=CCOc1ccc(C(=O)NCC2(COC)CCNCC2)cc1. The van der Waals surface area contributed by atoms with Gasteiger partial charge in [0.2, 0.25) is 0 Å². The Morgan fingerprint density at radius 3 is 2.65 bits per heavy atom. The number of ether oxygens (including phenoxy) is 2. The number of hydrogen-bond acceptors (Lipinski definition) is 4. The molecule has 0 bridgehead atoms. The summed E-state index contributed by atoms with van der Waals surface area (Å²) >= 11 is 0. The molecule has 0 aromatic heterocycles. The lowest BCUT2D eigenvalue weighted by Gasteiger charge is -2.37. The summed E-state index contributed by atoms with van der Waals surface area (Å²) in [5.41, 5.74) is 0.667. The number of nitrogens with one attached hydrogen (secondary N) is 2. The largest absolute Gasteiger partial charge is 0.490 e. The second kappa shape index (κ2) is 8.70. The Kier molecular flexibility index (Phi) is 6.62. The molecule has 1 aromatic carbocycles. The van der Waals surface area contributed by atoms with Crippen LogP contribution >= 0.6 is 0 Å². The Bertz CT molecular complexity index is 502. The van der Waals surface area contributed by atoms with Crippen LogP contribution in [0.1, 0.15) is 23.2 Å². The molecule has 0 unspecified atom stereocenters. The van der Waals surface area contributed by atoms with Gasteiger partial charge in [-0.05, 0) is 50.2 Å². The second-order valence-electron chi connectivity index (χ2n) is 5.99. The van der Waals surface area contributed by atoms with Crippen LogP contribution in [0.15, 0.2) is 36.9 Å². The molecule has 1 aliphatic heterocycles. The third-order valence-electron chi connectivity index (χ3n) is 4.22. The normalized spacial score (nSPS) is 16.6. The highest BCUT2D eigenvalue weighted by Gasteiger charge is 2.32. The lowest BCUT2D eigenvalue weighted by Crippen LogP contribution is -2.47. The lowest BCUT2D eigenvalue weighted by molar-refractivity contribution is 0.0512. The van der Waals surface area contributed by atoms with Crippen LogP contribution in [0.4, 0.5) is 0 Å². The van der Waals surface area contributed by atoms with Crippen molar-refractivity contribution in [1.29, 1.82) is 0 Å². The molecule has 2 N–H and O–H groups in total. The highest BCUT2D eigenvalue weighted by atomic mass is 16.5. The van der Waals surface area contributed by atoms with Crippen molar-refractivity contribution in [3.63, 3.8) is 0 Å². The lowest BCUT2D eigenvalue weighted by atomic mass is 9.79. The van der Waals surface area contributed by atoms with Crippen LogP contribution in [0.2, 0.25) is 0 Å². The topological polar surface area (TPSA) is 59.6 Å². The summed E-state index contributed by atoms with van der Waals surface area (Å²) in [6.07, 6.45) is 3.71. The molecule has 1 fully saturated rings. The summed E-state index contributed by atoms with van der Waals surface area (Å²) in [6, 6.07) is 7.15. The van der Waals surface area contributed by atoms with E-state index in [9.17, 15) is 4.79 Å². The van der Waals surface area contributed by atoms with Crippen molar-refractivity contribution in [2.24, 2.45) is 5.41 Å². The number of piperidine rings is 1. The van der Waals surface area contributed by atoms with E-state index < -0.39 is 0 Å². The van der Waals surface area contributed by atoms with Crippen molar-refractivity contribution < 1.29 is 14.3 Å². The summed E-state index contributed by atoms with van der Waals surface area (Å²) in [6.45, 7) is 7.30. The van der Waals surface area contributed by atoms with E-state index in [1.165, 1.54) is 0 Å². The fraction of sp³-hybridized carbons (Fsp3) is 0.500. The standard InChI is InChI=1S/C18H26N2O3/c1-3-12-23-16-6-4-15(5-7-16)17(21)20-13-18(14-22-2)8-10-19-11-9-18/h3-7,19H,1,8-14H2,2H3,(H,20,21). The zero-order chi connectivity index (χ0) is 16.5. The fourth-order valence-corrected chi connectivity index (χ4v) is 2.86. The summed E-state index contributed by atoms with van der Waals surface area (Å²) < 4.78 is 10.8. The smallest absolute Gasteiger partial charge is 0.251 e. The average Bonchev–Trinajstić information content (AvgIpc) is 2.59. The van der Waals surface area contributed by atoms with E-state index in [1.807, 2.05) is 0 Å². The first-order valence-corrected chi connectivity index (χ1v) is 8.01. The van der Waals surface area contributed by atoms with Crippen molar-refractivity contribution in [1.82, 2.24) is 10.6 Å². The minimum absolute atomic E-state index is 0.0304. The number of rotatable bonds is 8. The number of carbonyl (C=O) groups is 1. The molecular weight excluding hydrogens is 292 g/mol. The molecule has 23 heavy (non-hydrogen) atoms. The zero-order valence-corrected chi connectivity index (χ0v) is 13.8. The molecule has 5 heteroatoms. The third-order valence-corrected chi connectivity index (χ3v) is 4.22. The van der Waals surface area contributed by atoms with Crippen LogP contribution in [0.5, 0.6) is 5.75 Å². The number of amides is 1. The molecule has 0 saturated carbocycles. The van der Waals surface area contributed by atoms with Crippen molar-refractivity contribution in [2.75, 3.05) is 40.0 Å². The maximum absolute atomic E-state index is 12.3. The minimum Gasteiger partial charge on any atom is -0.490 e. The molecule has 126 valence electrons. The van der Waals surface area contributed by atoms with E-state index in [4.69, 9.17) is 9.47 Å². The Morgan fingerprint density at radius 2 is 2.04 bits per heavy atom. The molecule has 1 amide bonds. The predicted octanol–water partition coefficient (Wildman–Crippen LogP) is 2.00. The van der Waals surface area contributed by atoms with Crippen LogP contribution in [0, 0.1) is 5.41 Å². The number of hydrogen-bond donors (Lipinski definition) is 2. The number of carbonyl (C=O) groups excluding carboxylic acids is 1. The van der Waals surface area contributed by atoms with Gasteiger partial charge in [0.15, 0.2) is 0 Å². The quantitative estimate of drug-likeness (QED) is 0.720. The maximum atomic E-state index is 12.3. The molecular formula is C18H26N2O3. The van der Waals surface area contributed by atoms with Gasteiger partial charge in [0.1, 0.15) is 12.4 Å². The predicted molar refractivity (Wildman–Crippen MR) is 90.9 cm³/mol. The van der Waals surface area contributed by atoms with Crippen LogP contribution in [-0.4, -0.2) is 45.9 Å². The summed E-state index contributed by atoms with van der Waals surface area (Å²) in [5.74, 6) is 0.671. The molecule has 0 radical (unpaired) electrons. The summed E-state index contributed by atoms with van der Waals surface area (Å²) in [7, 11) is 1.72. The van der Waals surface area contributed by atoms with Crippen molar-refractivity contribution in [3.05, 3.63) is 42.5 Å². The van der Waals surface area contributed by atoms with E-state index in [0.717, 1.165) is 31.7 Å². The Balaban J connectivity index is 1.91. The van der Waals surface area contributed by atoms with E-state index in [1.54, 1.807) is 37.5 Å². The molecule has 1 heterocycles. The van der Waals surface area contributed by atoms with Crippen molar-refractivity contribution in [3.8, 4) is 5.75 Å². The first-order chi connectivity index (χ1) is 11.2. The zero-order valence-electron chi connectivity index (χ0n) is 13.8. The van der Waals surface area contributed by atoms with Gasteiger partial charge in [-0.3, -0.25) is 4.79 Å². The van der Waals surface area contributed by atoms with Gasteiger partial charge >= 0.3 is 0 Å². The summed E-state index contributed by atoms with van der Waals surface area (Å²) in [4.78, 5) is 12.3. The van der Waals surface area contributed by atoms with E-state index in [2.05, 4.69) is 17.2 Å². The molecule has 5 nitrogen and oxygen atoms in total. The van der Waals surface area contributed by atoms with Gasteiger partial charge in [-0.2, -0.15) is 0 Å². The first kappa shape index (κ1) is 17.5. The first-order valence-electron chi connectivity index (χ1n) is 8.01. The molecule has 2 rings (SSSR count). The van der Waals surface area contributed by atoms with E-state index >= 15 is 0 Å². The minimum atomic E-state index is -0.0609. The monoisotopic (exact) mass is 318 g/mol. The highest BCUT2D eigenvalue weighted by Crippen LogP contribution is 2.28. The van der Waals surface area contributed by atoms with Crippen molar-refractivity contribution in [2.45, 2.75) is 12.8 Å². The molecule has 1 saturated heterocycles. The van der Waals surface area contributed by atoms with Gasteiger partial charge in [-0.15, -0.1) is 0 Å². The van der Waals surface area contributed by atoms with E-state index in [0.29, 0.717) is 25.3 Å². The highest BCUT2D eigenvalue weighted by molar-refractivity contribution is 5.94. The van der Waals surface area contributed by atoms with E-state index in [-0.39, 0.29) is 11.3 Å². The van der Waals surface area contributed by atoms with Crippen LogP contribution in [-0.2, 0) is 4.74 Å². The molecule has 1 aliphatic rings. The maximum Gasteiger partial charge on any atom is 0.251 e. The molecule has 0 aliphatic carbocycles.